The summed E-state index contributed by atoms with van der Waals surface area (Å²) >= 11 is 3.46. The maximum absolute atomic E-state index is 12.2. The van der Waals surface area contributed by atoms with Gasteiger partial charge in [0.05, 0.1) is 19.3 Å². The molecule has 0 spiro atoms. The third-order valence-corrected chi connectivity index (χ3v) is 5.60. The van der Waals surface area contributed by atoms with Crippen LogP contribution in [0, 0.1) is 5.92 Å². The first-order chi connectivity index (χ1) is 11.7. The van der Waals surface area contributed by atoms with E-state index in [0.717, 1.165) is 24.1 Å². The molecular weight excluding hydrogens is 368 g/mol. The van der Waals surface area contributed by atoms with Gasteiger partial charge in [0.1, 0.15) is 0 Å². The van der Waals surface area contributed by atoms with Crippen LogP contribution in [0.3, 0.4) is 0 Å². The minimum Gasteiger partial charge on any atom is -0.371 e. The van der Waals surface area contributed by atoms with Crippen LogP contribution < -0.4 is 5.32 Å². The predicted octanol–water partition coefficient (Wildman–Crippen LogP) is 3.52. The summed E-state index contributed by atoms with van der Waals surface area (Å²) in [6.45, 7) is 3.60. The van der Waals surface area contributed by atoms with Crippen molar-refractivity contribution in [2.75, 3.05) is 32.8 Å². The first-order valence-corrected chi connectivity index (χ1v) is 9.86. The summed E-state index contributed by atoms with van der Waals surface area (Å²) in [6.07, 6.45) is 6.58. The van der Waals surface area contributed by atoms with Crippen molar-refractivity contribution >= 4 is 21.8 Å². The van der Waals surface area contributed by atoms with Gasteiger partial charge in [-0.15, -0.1) is 0 Å². The Balaban J connectivity index is 1.44. The normalized spacial score (nSPS) is 23.1. The number of carbonyl (C=O) groups is 1. The third-order valence-electron chi connectivity index (χ3n) is 5.07. The quantitative estimate of drug-likeness (QED) is 0.830. The van der Waals surface area contributed by atoms with Gasteiger partial charge in [-0.3, -0.25) is 9.69 Å². The lowest BCUT2D eigenvalue weighted by Gasteiger charge is -2.33. The van der Waals surface area contributed by atoms with Crippen LogP contribution in [0.25, 0.3) is 0 Å². The highest BCUT2D eigenvalue weighted by atomic mass is 79.9. The Bertz CT molecular complexity index is 529. The number of morpholine rings is 1. The molecular formula is C19H27BrN2O2. The number of ether oxygens (including phenoxy) is 1. The van der Waals surface area contributed by atoms with Gasteiger partial charge < -0.3 is 10.1 Å². The van der Waals surface area contributed by atoms with E-state index in [0.29, 0.717) is 19.1 Å². The van der Waals surface area contributed by atoms with E-state index in [1.54, 1.807) is 0 Å². The molecule has 1 heterocycles. The predicted molar refractivity (Wildman–Crippen MR) is 98.9 cm³/mol. The Morgan fingerprint density at radius 1 is 1.21 bits per heavy atom. The Morgan fingerprint density at radius 2 is 1.96 bits per heavy atom. The Hall–Kier alpha value is -0.910. The van der Waals surface area contributed by atoms with Gasteiger partial charge in [0.25, 0.3) is 0 Å². The van der Waals surface area contributed by atoms with Crippen LogP contribution in [-0.4, -0.2) is 43.6 Å². The van der Waals surface area contributed by atoms with Crippen LogP contribution in [0.15, 0.2) is 28.7 Å². The van der Waals surface area contributed by atoms with E-state index in [4.69, 9.17) is 4.74 Å². The highest BCUT2D eigenvalue weighted by Crippen LogP contribution is 2.24. The SMILES string of the molecule is O=C(CN1CCOC(c2ccc(Br)cc2)C1)NCC1CCCCC1. The van der Waals surface area contributed by atoms with Crippen molar-refractivity contribution in [1.29, 1.82) is 0 Å². The number of amides is 1. The molecule has 24 heavy (non-hydrogen) atoms. The van der Waals surface area contributed by atoms with Crippen LogP contribution in [0.1, 0.15) is 43.8 Å². The lowest BCUT2D eigenvalue weighted by atomic mass is 9.89. The van der Waals surface area contributed by atoms with Gasteiger partial charge in [0.15, 0.2) is 0 Å². The van der Waals surface area contributed by atoms with Crippen molar-refractivity contribution in [3.8, 4) is 0 Å². The molecule has 1 unspecified atom stereocenters. The number of halogens is 1. The Labute approximate surface area is 153 Å². The first kappa shape index (κ1) is 17.9. The molecule has 1 aliphatic carbocycles. The van der Waals surface area contributed by atoms with Gasteiger partial charge in [-0.2, -0.15) is 0 Å². The third kappa shape index (κ3) is 5.30. The molecule has 0 aromatic heterocycles. The number of hydrogen-bond acceptors (Lipinski definition) is 3. The molecule has 5 heteroatoms. The van der Waals surface area contributed by atoms with Crippen molar-refractivity contribution in [2.45, 2.75) is 38.2 Å². The van der Waals surface area contributed by atoms with Gasteiger partial charge in [0, 0.05) is 24.1 Å². The van der Waals surface area contributed by atoms with Crippen LogP contribution in [0.2, 0.25) is 0 Å². The zero-order chi connectivity index (χ0) is 16.8. The molecule has 2 fully saturated rings. The van der Waals surface area contributed by atoms with E-state index in [-0.39, 0.29) is 12.0 Å². The number of nitrogens with zero attached hydrogens (tertiary/aromatic N) is 1. The zero-order valence-corrected chi connectivity index (χ0v) is 15.8. The molecule has 4 nitrogen and oxygen atoms in total. The number of nitrogens with one attached hydrogen (secondary N) is 1. The monoisotopic (exact) mass is 394 g/mol. The maximum Gasteiger partial charge on any atom is 0.234 e. The average molecular weight is 395 g/mol. The largest absolute Gasteiger partial charge is 0.371 e. The van der Waals surface area contributed by atoms with Crippen LogP contribution >= 0.6 is 15.9 Å². The molecule has 1 saturated heterocycles. The van der Waals surface area contributed by atoms with E-state index in [9.17, 15) is 4.79 Å². The highest BCUT2D eigenvalue weighted by Gasteiger charge is 2.23. The van der Waals surface area contributed by atoms with E-state index in [2.05, 4.69) is 38.3 Å². The average Bonchev–Trinajstić information content (AvgIpc) is 2.62. The Morgan fingerprint density at radius 3 is 2.71 bits per heavy atom. The minimum atomic E-state index is 0.0537. The van der Waals surface area contributed by atoms with Gasteiger partial charge in [0.2, 0.25) is 5.91 Å². The lowest BCUT2D eigenvalue weighted by molar-refractivity contribution is -0.124. The van der Waals surface area contributed by atoms with Gasteiger partial charge in [-0.05, 0) is 36.5 Å². The standard InChI is InChI=1S/C19H27BrN2O2/c20-17-8-6-16(7-9-17)18-13-22(10-11-24-18)14-19(23)21-12-15-4-2-1-3-5-15/h6-9,15,18H,1-5,10-14H2,(H,21,23). The van der Waals surface area contributed by atoms with Crippen LogP contribution in [0.4, 0.5) is 0 Å². The van der Waals surface area contributed by atoms with Crippen molar-refractivity contribution in [3.05, 3.63) is 34.3 Å². The summed E-state index contributed by atoms with van der Waals surface area (Å²) in [6, 6.07) is 8.24. The van der Waals surface area contributed by atoms with Gasteiger partial charge in [-0.25, -0.2) is 0 Å². The summed E-state index contributed by atoms with van der Waals surface area (Å²) in [7, 11) is 0. The first-order valence-electron chi connectivity index (χ1n) is 9.07. The number of carbonyl (C=O) groups excluding carboxylic acids is 1. The topological polar surface area (TPSA) is 41.6 Å². The van der Waals surface area contributed by atoms with Gasteiger partial charge >= 0.3 is 0 Å². The lowest BCUT2D eigenvalue weighted by Crippen LogP contribution is -2.45. The number of rotatable bonds is 5. The molecule has 2 aliphatic rings. The van der Waals surface area contributed by atoms with Crippen molar-refractivity contribution in [2.24, 2.45) is 5.92 Å². The molecule has 1 aliphatic heterocycles. The summed E-state index contributed by atoms with van der Waals surface area (Å²) in [5.41, 5.74) is 1.17. The second-order valence-corrected chi connectivity index (χ2v) is 7.87. The molecule has 1 aromatic carbocycles. The molecule has 1 saturated carbocycles. The van der Waals surface area contributed by atoms with E-state index in [1.165, 1.54) is 37.7 Å². The van der Waals surface area contributed by atoms with Crippen molar-refractivity contribution in [1.82, 2.24) is 10.2 Å². The fraction of sp³-hybridized carbons (Fsp3) is 0.632. The van der Waals surface area contributed by atoms with Crippen molar-refractivity contribution < 1.29 is 9.53 Å². The maximum atomic E-state index is 12.2. The number of hydrogen-bond donors (Lipinski definition) is 1. The fourth-order valence-electron chi connectivity index (χ4n) is 3.63. The molecule has 1 aromatic rings. The molecule has 1 N–H and O–H groups in total. The van der Waals surface area contributed by atoms with E-state index in [1.807, 2.05) is 12.1 Å². The van der Waals surface area contributed by atoms with E-state index < -0.39 is 0 Å². The summed E-state index contributed by atoms with van der Waals surface area (Å²) < 4.78 is 6.95. The second-order valence-electron chi connectivity index (χ2n) is 6.95. The molecule has 3 rings (SSSR count). The molecule has 0 radical (unpaired) electrons. The van der Waals surface area contributed by atoms with Crippen molar-refractivity contribution in [3.63, 3.8) is 0 Å². The van der Waals surface area contributed by atoms with Gasteiger partial charge in [-0.1, -0.05) is 47.3 Å². The molecule has 1 atom stereocenters. The summed E-state index contributed by atoms with van der Waals surface area (Å²) in [4.78, 5) is 14.4. The molecule has 132 valence electrons. The fourth-order valence-corrected chi connectivity index (χ4v) is 3.90. The van der Waals surface area contributed by atoms with Crippen LogP contribution in [0.5, 0.6) is 0 Å². The second kappa shape index (κ2) is 8.97. The number of benzene rings is 1. The minimum absolute atomic E-state index is 0.0537. The zero-order valence-electron chi connectivity index (χ0n) is 14.2. The smallest absolute Gasteiger partial charge is 0.234 e. The summed E-state index contributed by atoms with van der Waals surface area (Å²) in [5, 5.41) is 3.13. The highest BCUT2D eigenvalue weighted by molar-refractivity contribution is 9.10. The summed E-state index contributed by atoms with van der Waals surface area (Å²) in [5.74, 6) is 0.833. The molecule has 0 bridgehead atoms. The van der Waals surface area contributed by atoms with Crippen LogP contribution in [-0.2, 0) is 9.53 Å². The van der Waals surface area contributed by atoms with E-state index >= 15 is 0 Å². The molecule has 1 amide bonds. The Kier molecular flexibility index (Phi) is 6.69.